The first-order valence-corrected chi connectivity index (χ1v) is 8.58. The second-order valence-electron chi connectivity index (χ2n) is 6.47. The Bertz CT molecular complexity index is 772. The van der Waals surface area contributed by atoms with Crippen LogP contribution in [-0.4, -0.2) is 38.1 Å². The Morgan fingerprint density at radius 2 is 2.12 bits per heavy atom. The van der Waals surface area contributed by atoms with E-state index in [1.54, 1.807) is 6.92 Å². The van der Waals surface area contributed by atoms with Gasteiger partial charge in [-0.2, -0.15) is 0 Å². The number of rotatable bonds is 2. The van der Waals surface area contributed by atoms with Crippen LogP contribution in [-0.2, 0) is 0 Å². The Kier molecular flexibility index (Phi) is 3.98. The standard InChI is InChI=1S/C20H22N2O2/c1-14(23)17-4-2-3-5-18(17)15-6-7-19-20(12-15)24-11-8-16-13-21-9-10-22(16)19/h2-7,12,16,21H,8-11,13H2,1H3/t16-/m0/s1. The molecule has 2 aromatic carbocycles. The Labute approximate surface area is 142 Å². The fraction of sp³-hybridized carbons (Fsp3) is 0.350. The highest BCUT2D eigenvalue weighted by Crippen LogP contribution is 2.38. The van der Waals surface area contributed by atoms with Crippen LogP contribution in [0.3, 0.4) is 0 Å². The normalized spacial score (nSPS) is 19.7. The molecule has 2 aliphatic rings. The average molecular weight is 322 g/mol. The minimum Gasteiger partial charge on any atom is -0.491 e. The molecule has 2 aromatic rings. The highest BCUT2D eigenvalue weighted by atomic mass is 16.5. The number of Topliss-reactive ketones (excluding diaryl/α,β-unsaturated/α-hetero) is 1. The van der Waals surface area contributed by atoms with Crippen LogP contribution in [0.2, 0.25) is 0 Å². The number of hydrogen-bond donors (Lipinski definition) is 1. The minimum absolute atomic E-state index is 0.0867. The van der Waals surface area contributed by atoms with Gasteiger partial charge in [-0.1, -0.05) is 30.3 Å². The topological polar surface area (TPSA) is 41.6 Å². The molecule has 0 bridgehead atoms. The van der Waals surface area contributed by atoms with Gasteiger partial charge in [-0.05, 0) is 30.2 Å². The molecule has 0 radical (unpaired) electrons. The molecule has 2 heterocycles. The largest absolute Gasteiger partial charge is 0.491 e. The third kappa shape index (κ3) is 2.67. The van der Waals surface area contributed by atoms with E-state index in [2.05, 4.69) is 28.4 Å². The first-order chi connectivity index (χ1) is 11.7. The summed E-state index contributed by atoms with van der Waals surface area (Å²) in [5, 5.41) is 3.46. The second-order valence-corrected chi connectivity index (χ2v) is 6.47. The Balaban J connectivity index is 1.77. The van der Waals surface area contributed by atoms with E-state index in [0.717, 1.165) is 55.1 Å². The van der Waals surface area contributed by atoms with Crippen molar-refractivity contribution in [2.75, 3.05) is 31.1 Å². The van der Waals surface area contributed by atoms with Crippen LogP contribution in [0.4, 0.5) is 5.69 Å². The highest BCUT2D eigenvalue weighted by Gasteiger charge is 2.27. The molecular weight excluding hydrogens is 300 g/mol. The van der Waals surface area contributed by atoms with E-state index in [1.807, 2.05) is 24.3 Å². The number of nitrogens with zero attached hydrogens (tertiary/aromatic N) is 1. The molecule has 0 amide bonds. The number of carbonyl (C=O) groups is 1. The fourth-order valence-corrected chi connectivity index (χ4v) is 3.72. The van der Waals surface area contributed by atoms with E-state index in [4.69, 9.17) is 4.74 Å². The molecule has 0 aromatic heterocycles. The molecule has 24 heavy (non-hydrogen) atoms. The van der Waals surface area contributed by atoms with Crippen LogP contribution in [0.15, 0.2) is 42.5 Å². The number of piperazine rings is 1. The zero-order chi connectivity index (χ0) is 16.5. The van der Waals surface area contributed by atoms with E-state index in [-0.39, 0.29) is 5.78 Å². The lowest BCUT2D eigenvalue weighted by atomic mass is 9.97. The molecule has 124 valence electrons. The van der Waals surface area contributed by atoms with Crippen LogP contribution < -0.4 is 15.0 Å². The van der Waals surface area contributed by atoms with Gasteiger partial charge in [0.25, 0.3) is 0 Å². The number of benzene rings is 2. The number of nitrogens with one attached hydrogen (secondary N) is 1. The van der Waals surface area contributed by atoms with Crippen LogP contribution >= 0.6 is 0 Å². The molecule has 2 aliphatic heterocycles. The van der Waals surface area contributed by atoms with Crippen LogP contribution in [0.5, 0.6) is 5.75 Å². The van der Waals surface area contributed by atoms with Gasteiger partial charge in [-0.3, -0.25) is 4.79 Å². The van der Waals surface area contributed by atoms with Crippen molar-refractivity contribution in [3.8, 4) is 16.9 Å². The molecule has 4 heteroatoms. The molecule has 0 aliphatic carbocycles. The molecule has 1 N–H and O–H groups in total. The molecule has 4 rings (SSSR count). The van der Waals surface area contributed by atoms with Crippen molar-refractivity contribution < 1.29 is 9.53 Å². The van der Waals surface area contributed by atoms with Gasteiger partial charge in [0.1, 0.15) is 5.75 Å². The quantitative estimate of drug-likeness (QED) is 0.863. The molecule has 1 atom stereocenters. The molecule has 1 saturated heterocycles. The smallest absolute Gasteiger partial charge is 0.160 e. The highest BCUT2D eigenvalue weighted by molar-refractivity contribution is 6.01. The third-order valence-corrected chi connectivity index (χ3v) is 4.95. The van der Waals surface area contributed by atoms with Crippen molar-refractivity contribution >= 4 is 11.5 Å². The van der Waals surface area contributed by atoms with Crippen molar-refractivity contribution in [3.05, 3.63) is 48.0 Å². The monoisotopic (exact) mass is 322 g/mol. The first kappa shape index (κ1) is 15.2. The van der Waals surface area contributed by atoms with Crippen molar-refractivity contribution in [1.82, 2.24) is 5.32 Å². The number of carbonyl (C=O) groups excluding carboxylic acids is 1. The summed E-state index contributed by atoms with van der Waals surface area (Å²) in [4.78, 5) is 14.4. The van der Waals surface area contributed by atoms with E-state index in [9.17, 15) is 4.79 Å². The summed E-state index contributed by atoms with van der Waals surface area (Å²) in [7, 11) is 0. The number of hydrogen-bond acceptors (Lipinski definition) is 4. The summed E-state index contributed by atoms with van der Waals surface area (Å²) in [6.45, 7) is 5.37. The van der Waals surface area contributed by atoms with Gasteiger partial charge >= 0.3 is 0 Å². The number of anilines is 1. The van der Waals surface area contributed by atoms with Crippen LogP contribution in [0.25, 0.3) is 11.1 Å². The predicted molar refractivity (Wildman–Crippen MR) is 96.0 cm³/mol. The second kappa shape index (κ2) is 6.29. The van der Waals surface area contributed by atoms with Gasteiger partial charge in [0.15, 0.2) is 5.78 Å². The Morgan fingerprint density at radius 3 is 3.00 bits per heavy atom. The van der Waals surface area contributed by atoms with Gasteiger partial charge in [-0.25, -0.2) is 0 Å². The first-order valence-electron chi connectivity index (χ1n) is 8.58. The number of ether oxygens (including phenoxy) is 1. The minimum atomic E-state index is 0.0867. The maximum absolute atomic E-state index is 11.9. The molecule has 1 fully saturated rings. The Hall–Kier alpha value is -2.33. The van der Waals surface area contributed by atoms with Gasteiger partial charge in [0, 0.05) is 37.7 Å². The van der Waals surface area contributed by atoms with Gasteiger partial charge in [-0.15, -0.1) is 0 Å². The van der Waals surface area contributed by atoms with Crippen molar-refractivity contribution in [2.24, 2.45) is 0 Å². The maximum Gasteiger partial charge on any atom is 0.160 e. The SMILES string of the molecule is CC(=O)c1ccccc1-c1ccc2c(c1)OCC[C@H]1CNCCN21. The lowest BCUT2D eigenvalue weighted by Crippen LogP contribution is -2.51. The summed E-state index contributed by atoms with van der Waals surface area (Å²) >= 11 is 0. The Morgan fingerprint density at radius 1 is 1.25 bits per heavy atom. The van der Waals surface area contributed by atoms with E-state index >= 15 is 0 Å². The average Bonchev–Trinajstić information content (AvgIpc) is 2.80. The summed E-state index contributed by atoms with van der Waals surface area (Å²) in [5.74, 6) is 1.01. The fourth-order valence-electron chi connectivity index (χ4n) is 3.72. The van der Waals surface area contributed by atoms with E-state index in [1.165, 1.54) is 5.69 Å². The number of ketones is 1. The van der Waals surface area contributed by atoms with Crippen molar-refractivity contribution in [1.29, 1.82) is 0 Å². The lowest BCUT2D eigenvalue weighted by molar-refractivity contribution is 0.101. The van der Waals surface area contributed by atoms with Crippen molar-refractivity contribution in [2.45, 2.75) is 19.4 Å². The number of fused-ring (bicyclic) bond motifs is 3. The van der Waals surface area contributed by atoms with Gasteiger partial charge in [0.05, 0.1) is 12.3 Å². The van der Waals surface area contributed by atoms with Gasteiger partial charge < -0.3 is 15.0 Å². The van der Waals surface area contributed by atoms with E-state index < -0.39 is 0 Å². The van der Waals surface area contributed by atoms with Crippen molar-refractivity contribution in [3.63, 3.8) is 0 Å². The lowest BCUT2D eigenvalue weighted by Gasteiger charge is -2.36. The molecule has 4 nitrogen and oxygen atoms in total. The predicted octanol–water partition coefficient (Wildman–Crippen LogP) is 3.12. The summed E-state index contributed by atoms with van der Waals surface area (Å²) < 4.78 is 6.05. The molecule has 0 saturated carbocycles. The summed E-state index contributed by atoms with van der Waals surface area (Å²) in [6, 6.07) is 14.6. The molecular formula is C20H22N2O2. The third-order valence-electron chi connectivity index (χ3n) is 4.95. The van der Waals surface area contributed by atoms with Crippen LogP contribution in [0, 0.1) is 0 Å². The van der Waals surface area contributed by atoms with E-state index in [0.29, 0.717) is 6.04 Å². The van der Waals surface area contributed by atoms with Crippen LogP contribution in [0.1, 0.15) is 23.7 Å². The zero-order valence-corrected chi connectivity index (χ0v) is 13.9. The zero-order valence-electron chi connectivity index (χ0n) is 13.9. The summed E-state index contributed by atoms with van der Waals surface area (Å²) in [6.07, 6.45) is 1.03. The molecule has 0 unspecified atom stereocenters. The van der Waals surface area contributed by atoms with Gasteiger partial charge in [0.2, 0.25) is 0 Å². The summed E-state index contributed by atoms with van der Waals surface area (Å²) in [5.41, 5.74) is 3.93. The maximum atomic E-state index is 11.9. The molecule has 0 spiro atoms.